The molecular weight excluding hydrogens is 434 g/mol. The Balaban J connectivity index is 1.88. The Kier molecular flexibility index (Phi) is 7.38. The van der Waals surface area contributed by atoms with Crippen LogP contribution in [0.25, 0.3) is 0 Å². The van der Waals surface area contributed by atoms with E-state index in [1.165, 1.54) is 11.0 Å². The third-order valence-corrected chi connectivity index (χ3v) is 4.49. The molecule has 0 fully saturated rings. The van der Waals surface area contributed by atoms with Gasteiger partial charge in [0, 0.05) is 42.8 Å². The summed E-state index contributed by atoms with van der Waals surface area (Å²) in [6.45, 7) is 0.192. The summed E-state index contributed by atoms with van der Waals surface area (Å²) in [5.41, 5.74) is 1.29. The largest absolute Gasteiger partial charge is 0.352 e. The van der Waals surface area contributed by atoms with Crippen molar-refractivity contribution in [3.05, 3.63) is 63.1 Å². The van der Waals surface area contributed by atoms with Gasteiger partial charge in [-0.3, -0.25) is 14.4 Å². The highest BCUT2D eigenvalue weighted by atomic mass is 79.9. The van der Waals surface area contributed by atoms with Crippen molar-refractivity contribution in [2.45, 2.75) is 6.42 Å². The number of carbonyl (C=O) groups excluding carboxylic acids is 3. The van der Waals surface area contributed by atoms with E-state index in [1.807, 2.05) is 0 Å². The number of nitrogens with one attached hydrogen (secondary N) is 2. The Morgan fingerprint density at radius 3 is 2.37 bits per heavy atom. The lowest BCUT2D eigenvalue weighted by Gasteiger charge is -2.13. The van der Waals surface area contributed by atoms with Gasteiger partial charge in [-0.05, 0) is 42.5 Å². The summed E-state index contributed by atoms with van der Waals surface area (Å²) in [4.78, 5) is 37.6. The monoisotopic (exact) mass is 451 g/mol. The summed E-state index contributed by atoms with van der Waals surface area (Å²) in [6.07, 6.45) is 0.0991. The van der Waals surface area contributed by atoms with Crippen LogP contribution in [0.15, 0.2) is 46.9 Å². The second-order valence-electron chi connectivity index (χ2n) is 5.96. The first-order chi connectivity index (χ1) is 12.8. The molecule has 0 saturated carbocycles. The van der Waals surface area contributed by atoms with Crippen LogP contribution in [0.3, 0.4) is 0 Å². The third kappa shape index (κ3) is 6.08. The molecule has 0 aliphatic rings. The highest BCUT2D eigenvalue weighted by molar-refractivity contribution is 9.10. The molecule has 0 bridgehead atoms. The summed E-state index contributed by atoms with van der Waals surface area (Å²) in [5, 5.41) is 5.70. The Bertz CT molecular complexity index is 854. The smallest absolute Gasteiger partial charge is 0.254 e. The van der Waals surface area contributed by atoms with Crippen molar-refractivity contribution in [3.63, 3.8) is 0 Å². The maximum atomic E-state index is 12.1. The van der Waals surface area contributed by atoms with Crippen molar-refractivity contribution in [2.75, 3.05) is 26.0 Å². The first kappa shape index (κ1) is 20.9. The number of benzene rings is 2. The molecule has 8 heteroatoms. The van der Waals surface area contributed by atoms with E-state index in [0.717, 1.165) is 4.47 Å². The van der Waals surface area contributed by atoms with Crippen LogP contribution < -0.4 is 10.6 Å². The van der Waals surface area contributed by atoms with E-state index in [-0.39, 0.29) is 30.7 Å². The minimum absolute atomic E-state index is 0.0991. The predicted octanol–water partition coefficient (Wildman–Crippen LogP) is 3.56. The molecule has 2 rings (SSSR count). The summed E-state index contributed by atoms with van der Waals surface area (Å²) < 4.78 is 0.883. The van der Waals surface area contributed by atoms with Crippen LogP contribution in [0, 0.1) is 0 Å². The molecule has 2 aromatic rings. The molecule has 0 saturated heterocycles. The molecule has 0 aromatic heterocycles. The minimum Gasteiger partial charge on any atom is -0.352 e. The standard InChI is InChI=1S/C19H19BrClN3O3/c1-24(2)19(27)15-11-14(7-8-16(15)21)23-17(25)9-10-22-18(26)12-3-5-13(20)6-4-12/h3-8,11H,9-10H2,1-2H3,(H,22,26)(H,23,25). The normalized spacial score (nSPS) is 10.2. The van der Waals surface area contributed by atoms with Gasteiger partial charge >= 0.3 is 0 Å². The van der Waals surface area contributed by atoms with Crippen LogP contribution >= 0.6 is 27.5 Å². The van der Waals surface area contributed by atoms with Gasteiger partial charge in [-0.25, -0.2) is 0 Å². The van der Waals surface area contributed by atoms with Crippen molar-refractivity contribution in [3.8, 4) is 0 Å². The van der Waals surface area contributed by atoms with Crippen molar-refractivity contribution < 1.29 is 14.4 Å². The topological polar surface area (TPSA) is 78.5 Å². The predicted molar refractivity (Wildman–Crippen MR) is 109 cm³/mol. The van der Waals surface area contributed by atoms with E-state index in [2.05, 4.69) is 26.6 Å². The summed E-state index contributed by atoms with van der Waals surface area (Å²) >= 11 is 9.35. The number of rotatable bonds is 6. The summed E-state index contributed by atoms with van der Waals surface area (Å²) in [6, 6.07) is 11.6. The maximum Gasteiger partial charge on any atom is 0.254 e. The lowest BCUT2D eigenvalue weighted by Crippen LogP contribution is -2.27. The molecule has 0 atom stereocenters. The third-order valence-electron chi connectivity index (χ3n) is 3.63. The van der Waals surface area contributed by atoms with Crippen molar-refractivity contribution in [1.29, 1.82) is 0 Å². The van der Waals surface area contributed by atoms with E-state index >= 15 is 0 Å². The van der Waals surface area contributed by atoms with Crippen LogP contribution in [0.4, 0.5) is 5.69 Å². The molecule has 27 heavy (non-hydrogen) atoms. The first-order valence-corrected chi connectivity index (χ1v) is 9.30. The molecule has 0 spiro atoms. The van der Waals surface area contributed by atoms with Gasteiger partial charge < -0.3 is 15.5 Å². The van der Waals surface area contributed by atoms with Crippen LogP contribution in [0.2, 0.25) is 5.02 Å². The molecule has 0 heterocycles. The van der Waals surface area contributed by atoms with Crippen molar-refractivity contribution >= 4 is 50.9 Å². The van der Waals surface area contributed by atoms with E-state index in [1.54, 1.807) is 50.5 Å². The van der Waals surface area contributed by atoms with Gasteiger partial charge in [-0.1, -0.05) is 27.5 Å². The molecule has 3 amide bonds. The minimum atomic E-state index is -0.281. The zero-order chi connectivity index (χ0) is 20.0. The fourth-order valence-electron chi connectivity index (χ4n) is 2.22. The molecule has 0 aliphatic carbocycles. The Morgan fingerprint density at radius 1 is 1.07 bits per heavy atom. The lowest BCUT2D eigenvalue weighted by atomic mass is 10.1. The number of hydrogen-bond acceptors (Lipinski definition) is 3. The summed E-state index contributed by atoms with van der Waals surface area (Å²) in [5.74, 6) is -0.782. The quantitative estimate of drug-likeness (QED) is 0.703. The maximum absolute atomic E-state index is 12.1. The van der Waals surface area contributed by atoms with E-state index in [9.17, 15) is 14.4 Å². The van der Waals surface area contributed by atoms with Gasteiger partial charge in [0.05, 0.1) is 10.6 Å². The second-order valence-corrected chi connectivity index (χ2v) is 7.28. The molecule has 142 valence electrons. The SMILES string of the molecule is CN(C)C(=O)c1cc(NC(=O)CCNC(=O)c2ccc(Br)cc2)ccc1Cl. The van der Waals surface area contributed by atoms with Crippen LogP contribution in [-0.4, -0.2) is 43.3 Å². The van der Waals surface area contributed by atoms with Gasteiger partial charge in [0.2, 0.25) is 5.91 Å². The van der Waals surface area contributed by atoms with E-state index in [4.69, 9.17) is 11.6 Å². The van der Waals surface area contributed by atoms with Crippen LogP contribution in [-0.2, 0) is 4.79 Å². The molecule has 0 radical (unpaired) electrons. The highest BCUT2D eigenvalue weighted by Gasteiger charge is 2.14. The van der Waals surface area contributed by atoms with Crippen LogP contribution in [0.5, 0.6) is 0 Å². The first-order valence-electron chi connectivity index (χ1n) is 8.12. The molecule has 2 aromatic carbocycles. The Labute approximate surface area is 171 Å². The van der Waals surface area contributed by atoms with Gasteiger partial charge in [0.1, 0.15) is 0 Å². The van der Waals surface area contributed by atoms with Crippen molar-refractivity contribution in [1.82, 2.24) is 10.2 Å². The zero-order valence-corrected chi connectivity index (χ0v) is 17.2. The molecule has 0 aliphatic heterocycles. The number of nitrogens with zero attached hydrogens (tertiary/aromatic N) is 1. The number of carbonyl (C=O) groups is 3. The van der Waals surface area contributed by atoms with Gasteiger partial charge in [-0.2, -0.15) is 0 Å². The fraction of sp³-hybridized carbons (Fsp3) is 0.211. The zero-order valence-electron chi connectivity index (χ0n) is 14.9. The Morgan fingerprint density at radius 2 is 1.74 bits per heavy atom. The lowest BCUT2D eigenvalue weighted by molar-refractivity contribution is -0.116. The highest BCUT2D eigenvalue weighted by Crippen LogP contribution is 2.21. The van der Waals surface area contributed by atoms with E-state index in [0.29, 0.717) is 21.8 Å². The summed E-state index contributed by atoms with van der Waals surface area (Å²) in [7, 11) is 3.25. The molecule has 6 nitrogen and oxygen atoms in total. The number of anilines is 1. The number of hydrogen-bond donors (Lipinski definition) is 2. The van der Waals surface area contributed by atoms with Gasteiger partial charge in [0.25, 0.3) is 11.8 Å². The Hall–Kier alpha value is -2.38. The average Bonchev–Trinajstić information content (AvgIpc) is 2.63. The molecule has 0 unspecified atom stereocenters. The molecule has 2 N–H and O–H groups in total. The number of halogens is 2. The fourth-order valence-corrected chi connectivity index (χ4v) is 2.69. The average molecular weight is 453 g/mol. The van der Waals surface area contributed by atoms with Crippen LogP contribution in [0.1, 0.15) is 27.1 Å². The second kappa shape index (κ2) is 9.53. The van der Waals surface area contributed by atoms with Gasteiger partial charge in [-0.15, -0.1) is 0 Å². The molecular formula is C19H19BrClN3O3. The van der Waals surface area contributed by atoms with Crippen molar-refractivity contribution in [2.24, 2.45) is 0 Å². The number of amides is 3. The van der Waals surface area contributed by atoms with Gasteiger partial charge in [0.15, 0.2) is 0 Å². The van der Waals surface area contributed by atoms with E-state index < -0.39 is 0 Å².